The topological polar surface area (TPSA) is 73.7 Å². The predicted molar refractivity (Wildman–Crippen MR) is 75.2 cm³/mol. The van der Waals surface area contributed by atoms with Crippen LogP contribution in [0.5, 0.6) is 0 Å². The first kappa shape index (κ1) is 15.9. The van der Waals surface area contributed by atoms with Crippen LogP contribution in [-0.4, -0.2) is 51.0 Å². The van der Waals surface area contributed by atoms with E-state index in [1.165, 1.54) is 4.90 Å². The van der Waals surface area contributed by atoms with Gasteiger partial charge in [0.25, 0.3) is 0 Å². The van der Waals surface area contributed by atoms with E-state index in [1.54, 1.807) is 24.9 Å². The first-order valence-corrected chi connectivity index (χ1v) is 6.63. The van der Waals surface area contributed by atoms with E-state index in [0.29, 0.717) is 13.1 Å². The second-order valence-corrected chi connectivity index (χ2v) is 4.73. The molecule has 0 radical (unpaired) electrons. The number of urea groups is 1. The highest BCUT2D eigenvalue weighted by atomic mass is 16.4. The fourth-order valence-corrected chi connectivity index (χ4v) is 1.80. The smallest absolute Gasteiger partial charge is 0.323 e. The number of rotatable bonds is 6. The molecule has 0 aromatic carbocycles. The van der Waals surface area contributed by atoms with E-state index >= 15 is 0 Å². The number of carboxylic acids is 1. The molecular formula is C14H21N3O3. The zero-order valence-electron chi connectivity index (χ0n) is 12.1. The van der Waals surface area contributed by atoms with Crippen molar-refractivity contribution in [1.82, 2.24) is 14.8 Å². The Kier molecular flexibility index (Phi) is 5.96. The third kappa shape index (κ3) is 4.53. The number of nitrogens with zero attached hydrogens (tertiary/aromatic N) is 3. The van der Waals surface area contributed by atoms with E-state index in [-0.39, 0.29) is 18.6 Å². The molecule has 20 heavy (non-hydrogen) atoms. The SMILES string of the molecule is CCN(Cc1ccccn1)C(=O)N(CC(=O)O)C(C)C. The van der Waals surface area contributed by atoms with Gasteiger partial charge in [0, 0.05) is 18.8 Å². The molecule has 1 heterocycles. The van der Waals surface area contributed by atoms with Crippen LogP contribution in [0.3, 0.4) is 0 Å². The molecule has 0 saturated carbocycles. The highest BCUT2D eigenvalue weighted by molar-refractivity contribution is 5.80. The summed E-state index contributed by atoms with van der Waals surface area (Å²) in [5.41, 5.74) is 0.779. The number of aliphatic carboxylic acids is 1. The van der Waals surface area contributed by atoms with E-state index in [1.807, 2.05) is 25.1 Å². The minimum atomic E-state index is -1.01. The molecule has 110 valence electrons. The van der Waals surface area contributed by atoms with Crippen LogP contribution < -0.4 is 0 Å². The van der Waals surface area contributed by atoms with Crippen molar-refractivity contribution in [3.05, 3.63) is 30.1 Å². The predicted octanol–water partition coefficient (Wildman–Crippen LogP) is 1.82. The molecule has 1 aromatic rings. The molecule has 6 nitrogen and oxygen atoms in total. The molecule has 0 aliphatic rings. The van der Waals surface area contributed by atoms with E-state index in [4.69, 9.17) is 5.11 Å². The van der Waals surface area contributed by atoms with Crippen molar-refractivity contribution in [3.63, 3.8) is 0 Å². The Balaban J connectivity index is 2.81. The van der Waals surface area contributed by atoms with Gasteiger partial charge in [-0.05, 0) is 32.9 Å². The molecular weight excluding hydrogens is 258 g/mol. The molecule has 1 N–H and O–H groups in total. The summed E-state index contributed by atoms with van der Waals surface area (Å²) in [5.74, 6) is -1.01. The molecule has 0 aliphatic heterocycles. The van der Waals surface area contributed by atoms with Gasteiger partial charge in [0.2, 0.25) is 0 Å². The highest BCUT2D eigenvalue weighted by Crippen LogP contribution is 2.08. The zero-order valence-corrected chi connectivity index (χ0v) is 12.1. The van der Waals surface area contributed by atoms with Crippen LogP contribution in [0.2, 0.25) is 0 Å². The summed E-state index contributed by atoms with van der Waals surface area (Å²) in [4.78, 5) is 30.4. The summed E-state index contributed by atoms with van der Waals surface area (Å²) in [6.07, 6.45) is 1.67. The fraction of sp³-hybridized carbons (Fsp3) is 0.500. The van der Waals surface area contributed by atoms with Crippen LogP contribution in [0.15, 0.2) is 24.4 Å². The van der Waals surface area contributed by atoms with Crippen molar-refractivity contribution in [2.75, 3.05) is 13.1 Å². The quantitative estimate of drug-likeness (QED) is 0.862. The van der Waals surface area contributed by atoms with Gasteiger partial charge in [-0.3, -0.25) is 9.78 Å². The minimum Gasteiger partial charge on any atom is -0.480 e. The summed E-state index contributed by atoms with van der Waals surface area (Å²) in [6, 6.07) is 5.06. The van der Waals surface area contributed by atoms with E-state index in [2.05, 4.69) is 4.98 Å². The maximum Gasteiger partial charge on any atom is 0.323 e. The van der Waals surface area contributed by atoms with Crippen molar-refractivity contribution >= 4 is 12.0 Å². The minimum absolute atomic E-state index is 0.170. The third-order valence-corrected chi connectivity index (χ3v) is 2.91. The van der Waals surface area contributed by atoms with Gasteiger partial charge in [0.1, 0.15) is 6.54 Å². The maximum absolute atomic E-state index is 12.4. The van der Waals surface area contributed by atoms with Crippen LogP contribution >= 0.6 is 0 Å². The summed E-state index contributed by atoms with van der Waals surface area (Å²) in [6.45, 7) is 6.04. The lowest BCUT2D eigenvalue weighted by Gasteiger charge is -2.31. The Labute approximate surface area is 119 Å². The van der Waals surface area contributed by atoms with Crippen molar-refractivity contribution in [1.29, 1.82) is 0 Å². The lowest BCUT2D eigenvalue weighted by atomic mass is 10.3. The molecule has 0 atom stereocenters. The number of pyridine rings is 1. The van der Waals surface area contributed by atoms with Crippen LogP contribution in [0.1, 0.15) is 26.5 Å². The summed E-state index contributed by atoms with van der Waals surface area (Å²) < 4.78 is 0. The Hall–Kier alpha value is -2.11. The fourth-order valence-electron chi connectivity index (χ4n) is 1.80. The normalized spacial score (nSPS) is 10.4. The molecule has 2 amide bonds. The molecule has 0 bridgehead atoms. The van der Waals surface area contributed by atoms with Gasteiger partial charge in [-0.1, -0.05) is 6.07 Å². The number of hydrogen-bond donors (Lipinski definition) is 1. The summed E-state index contributed by atoms with van der Waals surface area (Å²) in [7, 11) is 0. The first-order valence-electron chi connectivity index (χ1n) is 6.63. The summed E-state index contributed by atoms with van der Waals surface area (Å²) >= 11 is 0. The number of carboxylic acid groups (broad SMARTS) is 1. The number of hydrogen-bond acceptors (Lipinski definition) is 3. The lowest BCUT2D eigenvalue weighted by molar-refractivity contribution is -0.138. The number of carbonyl (C=O) groups is 2. The number of aromatic nitrogens is 1. The second kappa shape index (κ2) is 7.47. The average Bonchev–Trinajstić information content (AvgIpc) is 2.42. The molecule has 0 unspecified atom stereocenters. The van der Waals surface area contributed by atoms with Crippen molar-refractivity contribution in [2.24, 2.45) is 0 Å². The van der Waals surface area contributed by atoms with Crippen LogP contribution in [0, 0.1) is 0 Å². The van der Waals surface area contributed by atoms with Crippen molar-refractivity contribution in [3.8, 4) is 0 Å². The monoisotopic (exact) mass is 279 g/mol. The van der Waals surface area contributed by atoms with E-state index < -0.39 is 5.97 Å². The van der Waals surface area contributed by atoms with Gasteiger partial charge in [-0.25, -0.2) is 4.79 Å². The van der Waals surface area contributed by atoms with E-state index in [0.717, 1.165) is 5.69 Å². The third-order valence-electron chi connectivity index (χ3n) is 2.91. The molecule has 0 aliphatic carbocycles. The average molecular weight is 279 g/mol. The Morgan fingerprint density at radius 3 is 2.50 bits per heavy atom. The summed E-state index contributed by atoms with van der Waals surface area (Å²) in [5, 5.41) is 8.90. The Morgan fingerprint density at radius 1 is 1.35 bits per heavy atom. The standard InChI is InChI=1S/C14H21N3O3/c1-4-16(9-12-7-5-6-8-15-12)14(20)17(11(2)3)10-13(18)19/h5-8,11H,4,9-10H2,1-3H3,(H,18,19). The van der Waals surface area contributed by atoms with Gasteiger partial charge >= 0.3 is 12.0 Å². The molecule has 6 heteroatoms. The first-order chi connectivity index (χ1) is 9.45. The zero-order chi connectivity index (χ0) is 15.1. The number of amides is 2. The Bertz CT molecular complexity index is 448. The van der Waals surface area contributed by atoms with Crippen LogP contribution in [0.25, 0.3) is 0 Å². The molecule has 0 fully saturated rings. The molecule has 1 rings (SSSR count). The lowest BCUT2D eigenvalue weighted by Crippen LogP contribution is -2.48. The van der Waals surface area contributed by atoms with E-state index in [9.17, 15) is 9.59 Å². The largest absolute Gasteiger partial charge is 0.480 e. The van der Waals surface area contributed by atoms with Gasteiger partial charge < -0.3 is 14.9 Å². The number of carbonyl (C=O) groups excluding carboxylic acids is 1. The molecule has 0 saturated heterocycles. The van der Waals surface area contributed by atoms with Gasteiger partial charge in [0.05, 0.1) is 12.2 Å². The second-order valence-electron chi connectivity index (χ2n) is 4.73. The van der Waals surface area contributed by atoms with Crippen LogP contribution in [-0.2, 0) is 11.3 Å². The van der Waals surface area contributed by atoms with Gasteiger partial charge in [0.15, 0.2) is 0 Å². The highest BCUT2D eigenvalue weighted by Gasteiger charge is 2.24. The van der Waals surface area contributed by atoms with Crippen LogP contribution in [0.4, 0.5) is 4.79 Å². The van der Waals surface area contributed by atoms with Crippen molar-refractivity contribution < 1.29 is 14.7 Å². The van der Waals surface area contributed by atoms with Gasteiger partial charge in [-0.2, -0.15) is 0 Å². The van der Waals surface area contributed by atoms with Gasteiger partial charge in [-0.15, -0.1) is 0 Å². The van der Waals surface area contributed by atoms with Crippen molar-refractivity contribution in [2.45, 2.75) is 33.4 Å². The Morgan fingerprint density at radius 2 is 2.05 bits per heavy atom. The molecule has 0 spiro atoms. The molecule has 1 aromatic heterocycles. The maximum atomic E-state index is 12.4.